The summed E-state index contributed by atoms with van der Waals surface area (Å²) in [6.45, 7) is 6.20. The molecule has 0 spiro atoms. The van der Waals surface area contributed by atoms with Crippen molar-refractivity contribution < 1.29 is 9.53 Å². The van der Waals surface area contributed by atoms with Crippen molar-refractivity contribution in [2.45, 2.75) is 39.2 Å². The van der Waals surface area contributed by atoms with Crippen LogP contribution < -0.4 is 0 Å². The number of fused-ring (bicyclic) bond motifs is 1. The molecule has 0 aliphatic carbocycles. The van der Waals surface area contributed by atoms with Crippen LogP contribution in [0.1, 0.15) is 43.2 Å². The van der Waals surface area contributed by atoms with Crippen molar-refractivity contribution in [2.75, 3.05) is 19.7 Å². The lowest BCUT2D eigenvalue weighted by Crippen LogP contribution is -2.37. The highest BCUT2D eigenvalue weighted by Crippen LogP contribution is 2.32. The number of carbonyl (C=O) groups excluding carboxylic acids is 1. The SMILES string of the molecule is CCCCOC(=O)CN1CCc2sccc2C1C. The van der Waals surface area contributed by atoms with Crippen LogP contribution in [0.15, 0.2) is 11.4 Å². The minimum Gasteiger partial charge on any atom is -0.465 e. The monoisotopic (exact) mass is 267 g/mol. The van der Waals surface area contributed by atoms with Crippen LogP contribution in [-0.4, -0.2) is 30.6 Å². The first-order valence-corrected chi connectivity index (χ1v) is 7.56. The predicted molar refractivity (Wildman–Crippen MR) is 73.9 cm³/mol. The van der Waals surface area contributed by atoms with E-state index >= 15 is 0 Å². The van der Waals surface area contributed by atoms with E-state index in [4.69, 9.17) is 4.74 Å². The average Bonchev–Trinajstić information content (AvgIpc) is 2.82. The van der Waals surface area contributed by atoms with Gasteiger partial charge >= 0.3 is 5.97 Å². The number of ether oxygens (including phenoxy) is 1. The Hall–Kier alpha value is -0.870. The maximum atomic E-state index is 11.7. The normalized spacial score (nSPS) is 19.6. The zero-order valence-corrected chi connectivity index (χ0v) is 12.0. The first-order valence-electron chi connectivity index (χ1n) is 6.68. The molecule has 1 aliphatic rings. The van der Waals surface area contributed by atoms with E-state index in [2.05, 4.69) is 30.2 Å². The molecule has 1 atom stereocenters. The fourth-order valence-electron chi connectivity index (χ4n) is 2.32. The van der Waals surface area contributed by atoms with Crippen molar-refractivity contribution in [1.29, 1.82) is 0 Å². The van der Waals surface area contributed by atoms with Crippen LogP contribution in [0.5, 0.6) is 0 Å². The molecule has 0 radical (unpaired) electrons. The van der Waals surface area contributed by atoms with Crippen LogP contribution in [0.4, 0.5) is 0 Å². The Kier molecular flexibility index (Phi) is 4.78. The molecule has 0 N–H and O–H groups in total. The largest absolute Gasteiger partial charge is 0.465 e. The molecule has 1 unspecified atom stereocenters. The Balaban J connectivity index is 1.86. The predicted octanol–water partition coefficient (Wildman–Crippen LogP) is 3.01. The molecule has 1 aromatic rings. The number of unbranched alkanes of at least 4 members (excludes halogenated alkanes) is 1. The molecule has 2 rings (SSSR count). The highest BCUT2D eigenvalue weighted by atomic mass is 32.1. The topological polar surface area (TPSA) is 29.5 Å². The Morgan fingerprint density at radius 3 is 3.22 bits per heavy atom. The van der Waals surface area contributed by atoms with Gasteiger partial charge in [-0.1, -0.05) is 13.3 Å². The van der Waals surface area contributed by atoms with E-state index < -0.39 is 0 Å². The van der Waals surface area contributed by atoms with Gasteiger partial charge in [0, 0.05) is 17.5 Å². The van der Waals surface area contributed by atoms with E-state index in [9.17, 15) is 4.79 Å². The molecule has 2 heterocycles. The lowest BCUT2D eigenvalue weighted by molar-refractivity contribution is -0.145. The van der Waals surface area contributed by atoms with Crippen LogP contribution >= 0.6 is 11.3 Å². The Morgan fingerprint density at radius 1 is 1.61 bits per heavy atom. The summed E-state index contributed by atoms with van der Waals surface area (Å²) in [6, 6.07) is 2.51. The molecule has 0 saturated heterocycles. The van der Waals surface area contributed by atoms with Crippen molar-refractivity contribution in [3.63, 3.8) is 0 Å². The number of hydrogen-bond donors (Lipinski definition) is 0. The Labute approximate surface area is 113 Å². The number of esters is 1. The van der Waals surface area contributed by atoms with Gasteiger partial charge in [0.05, 0.1) is 13.2 Å². The molecule has 0 saturated carbocycles. The maximum Gasteiger partial charge on any atom is 0.320 e. The van der Waals surface area contributed by atoms with Gasteiger partial charge in [-0.15, -0.1) is 11.3 Å². The first-order chi connectivity index (χ1) is 8.72. The number of nitrogens with zero attached hydrogens (tertiary/aromatic N) is 1. The van der Waals surface area contributed by atoms with Gasteiger partial charge in [0.1, 0.15) is 0 Å². The Morgan fingerprint density at radius 2 is 2.44 bits per heavy atom. The van der Waals surface area contributed by atoms with Gasteiger partial charge in [0.2, 0.25) is 0 Å². The summed E-state index contributed by atoms with van der Waals surface area (Å²) in [6.07, 6.45) is 3.07. The van der Waals surface area contributed by atoms with Gasteiger partial charge in [0.25, 0.3) is 0 Å². The fraction of sp³-hybridized carbons (Fsp3) is 0.643. The van der Waals surface area contributed by atoms with E-state index in [1.54, 1.807) is 0 Å². The summed E-state index contributed by atoms with van der Waals surface area (Å²) < 4.78 is 5.22. The number of carbonyl (C=O) groups is 1. The van der Waals surface area contributed by atoms with Crippen molar-refractivity contribution >= 4 is 17.3 Å². The van der Waals surface area contributed by atoms with Crippen LogP contribution in [0, 0.1) is 0 Å². The molecular formula is C14H21NO2S. The van der Waals surface area contributed by atoms with Gasteiger partial charge in [-0.3, -0.25) is 9.69 Å². The van der Waals surface area contributed by atoms with Crippen molar-refractivity contribution in [1.82, 2.24) is 4.90 Å². The highest BCUT2D eigenvalue weighted by Gasteiger charge is 2.26. The molecular weight excluding hydrogens is 246 g/mol. The molecule has 0 amide bonds. The van der Waals surface area contributed by atoms with E-state index in [1.807, 2.05) is 11.3 Å². The van der Waals surface area contributed by atoms with E-state index in [-0.39, 0.29) is 5.97 Å². The molecule has 1 aromatic heterocycles. The molecule has 4 heteroatoms. The molecule has 100 valence electrons. The smallest absolute Gasteiger partial charge is 0.320 e. The second-order valence-corrected chi connectivity index (χ2v) is 5.77. The van der Waals surface area contributed by atoms with Gasteiger partial charge < -0.3 is 4.74 Å². The van der Waals surface area contributed by atoms with Crippen LogP contribution in [0.25, 0.3) is 0 Å². The molecule has 0 fully saturated rings. The summed E-state index contributed by atoms with van der Waals surface area (Å²) in [7, 11) is 0. The molecule has 0 bridgehead atoms. The van der Waals surface area contributed by atoms with E-state index in [0.29, 0.717) is 19.2 Å². The van der Waals surface area contributed by atoms with Crippen molar-refractivity contribution in [2.24, 2.45) is 0 Å². The summed E-state index contributed by atoms with van der Waals surface area (Å²) in [5.74, 6) is -0.0889. The molecule has 1 aliphatic heterocycles. The third kappa shape index (κ3) is 3.12. The van der Waals surface area contributed by atoms with Crippen molar-refractivity contribution in [3.05, 3.63) is 21.9 Å². The maximum absolute atomic E-state index is 11.7. The lowest BCUT2D eigenvalue weighted by Gasteiger charge is -2.32. The van der Waals surface area contributed by atoms with Gasteiger partial charge in [0.15, 0.2) is 0 Å². The zero-order chi connectivity index (χ0) is 13.0. The minimum atomic E-state index is -0.0889. The second-order valence-electron chi connectivity index (χ2n) is 4.77. The molecule has 18 heavy (non-hydrogen) atoms. The second kappa shape index (κ2) is 6.34. The minimum absolute atomic E-state index is 0.0889. The van der Waals surface area contributed by atoms with Crippen LogP contribution in [0.2, 0.25) is 0 Å². The van der Waals surface area contributed by atoms with Crippen molar-refractivity contribution in [3.8, 4) is 0 Å². The lowest BCUT2D eigenvalue weighted by atomic mass is 10.0. The summed E-state index contributed by atoms with van der Waals surface area (Å²) in [5, 5.41) is 2.14. The van der Waals surface area contributed by atoms with Crippen LogP contribution in [0.3, 0.4) is 0 Å². The number of hydrogen-bond acceptors (Lipinski definition) is 4. The van der Waals surface area contributed by atoms with Gasteiger partial charge in [-0.05, 0) is 36.8 Å². The summed E-state index contributed by atoms with van der Waals surface area (Å²) in [4.78, 5) is 15.4. The third-order valence-electron chi connectivity index (χ3n) is 3.50. The third-order valence-corrected chi connectivity index (χ3v) is 4.49. The average molecular weight is 267 g/mol. The first kappa shape index (κ1) is 13.6. The fourth-order valence-corrected chi connectivity index (χ4v) is 3.28. The van der Waals surface area contributed by atoms with Gasteiger partial charge in [-0.25, -0.2) is 0 Å². The number of thiophene rings is 1. The standard InChI is InChI=1S/C14H21NO2S/c1-3-4-8-17-14(16)10-15-7-5-13-12(11(15)2)6-9-18-13/h6,9,11H,3-5,7-8,10H2,1-2H3. The zero-order valence-electron chi connectivity index (χ0n) is 11.1. The summed E-state index contributed by atoms with van der Waals surface area (Å²) >= 11 is 1.82. The summed E-state index contributed by atoms with van der Waals surface area (Å²) in [5.41, 5.74) is 1.38. The Bertz CT molecular complexity index is 402. The molecule has 3 nitrogen and oxygen atoms in total. The van der Waals surface area contributed by atoms with E-state index in [0.717, 1.165) is 25.8 Å². The highest BCUT2D eigenvalue weighted by molar-refractivity contribution is 7.10. The quantitative estimate of drug-likeness (QED) is 0.606. The van der Waals surface area contributed by atoms with Crippen LogP contribution in [-0.2, 0) is 16.0 Å². The molecule has 0 aromatic carbocycles. The van der Waals surface area contributed by atoms with E-state index in [1.165, 1.54) is 10.4 Å². The van der Waals surface area contributed by atoms with Gasteiger partial charge in [-0.2, -0.15) is 0 Å². The number of rotatable bonds is 5.